The minimum atomic E-state index is -0.470. The first-order valence-corrected chi connectivity index (χ1v) is 7.21. The zero-order valence-electron chi connectivity index (χ0n) is 10.5. The fourth-order valence-electron chi connectivity index (χ4n) is 1.44. The van der Waals surface area contributed by atoms with E-state index in [-0.39, 0.29) is 11.6 Å². The van der Waals surface area contributed by atoms with E-state index in [1.165, 1.54) is 31.0 Å². The van der Waals surface area contributed by atoms with Gasteiger partial charge in [-0.3, -0.25) is 4.79 Å². The van der Waals surface area contributed by atoms with Gasteiger partial charge in [0.1, 0.15) is 5.82 Å². The van der Waals surface area contributed by atoms with Crippen molar-refractivity contribution in [1.29, 1.82) is 0 Å². The van der Waals surface area contributed by atoms with Crippen LogP contribution in [0.4, 0.5) is 15.8 Å². The lowest BCUT2D eigenvalue weighted by molar-refractivity contribution is -0.113. The second kappa shape index (κ2) is 7.97. The smallest absolute Gasteiger partial charge is 0.234 e. The summed E-state index contributed by atoms with van der Waals surface area (Å²) in [5, 5.41) is 2.69. The van der Waals surface area contributed by atoms with Gasteiger partial charge >= 0.3 is 0 Å². The van der Waals surface area contributed by atoms with Gasteiger partial charge in [-0.25, -0.2) is 4.39 Å². The molecule has 0 bridgehead atoms. The highest BCUT2D eigenvalue weighted by molar-refractivity contribution is 7.99. The van der Waals surface area contributed by atoms with Crippen LogP contribution in [0, 0.1) is 5.82 Å². The molecule has 0 aromatic heterocycles. The van der Waals surface area contributed by atoms with Gasteiger partial charge < -0.3 is 11.1 Å². The molecule has 0 saturated carbocycles. The Morgan fingerprint density at radius 3 is 2.89 bits per heavy atom. The van der Waals surface area contributed by atoms with Crippen molar-refractivity contribution >= 4 is 29.0 Å². The molecule has 0 heterocycles. The van der Waals surface area contributed by atoms with Crippen molar-refractivity contribution in [1.82, 2.24) is 0 Å². The van der Waals surface area contributed by atoms with Gasteiger partial charge in [0.05, 0.1) is 11.4 Å². The minimum Gasteiger partial charge on any atom is -0.396 e. The van der Waals surface area contributed by atoms with Crippen LogP contribution in [0.25, 0.3) is 0 Å². The van der Waals surface area contributed by atoms with Crippen LogP contribution in [0.2, 0.25) is 0 Å². The van der Waals surface area contributed by atoms with Gasteiger partial charge in [0, 0.05) is 5.69 Å². The molecule has 1 rings (SSSR count). The number of carbonyl (C=O) groups is 1. The van der Waals surface area contributed by atoms with Gasteiger partial charge in [0.25, 0.3) is 0 Å². The van der Waals surface area contributed by atoms with Crippen LogP contribution in [0.15, 0.2) is 18.2 Å². The quantitative estimate of drug-likeness (QED) is 0.590. The molecule has 3 N–H and O–H groups in total. The fraction of sp³-hybridized carbons (Fsp3) is 0.462. The summed E-state index contributed by atoms with van der Waals surface area (Å²) < 4.78 is 12.9. The van der Waals surface area contributed by atoms with Crippen molar-refractivity contribution in [3.8, 4) is 0 Å². The lowest BCUT2D eigenvalue weighted by Gasteiger charge is -2.06. The van der Waals surface area contributed by atoms with E-state index in [0.717, 1.165) is 12.2 Å². The van der Waals surface area contributed by atoms with Crippen LogP contribution >= 0.6 is 11.8 Å². The summed E-state index contributed by atoms with van der Waals surface area (Å²) in [7, 11) is 0. The van der Waals surface area contributed by atoms with Gasteiger partial charge in [-0.15, -0.1) is 0 Å². The van der Waals surface area contributed by atoms with E-state index in [0.29, 0.717) is 11.4 Å². The fourth-order valence-corrected chi connectivity index (χ4v) is 2.25. The molecule has 1 amide bonds. The molecule has 5 heteroatoms. The Kier molecular flexibility index (Phi) is 6.57. The molecule has 0 aliphatic carbocycles. The molecule has 0 atom stereocenters. The molecular formula is C13H19FN2OS. The first-order chi connectivity index (χ1) is 8.63. The Hall–Kier alpha value is -1.23. The maximum absolute atomic E-state index is 12.9. The van der Waals surface area contributed by atoms with E-state index < -0.39 is 5.82 Å². The molecular weight excluding hydrogens is 251 g/mol. The third-order valence-corrected chi connectivity index (χ3v) is 3.45. The second-order valence-electron chi connectivity index (χ2n) is 4.04. The normalized spacial score (nSPS) is 10.3. The van der Waals surface area contributed by atoms with Crippen molar-refractivity contribution in [2.24, 2.45) is 0 Å². The lowest BCUT2D eigenvalue weighted by Crippen LogP contribution is -2.14. The van der Waals surface area contributed by atoms with Crippen LogP contribution < -0.4 is 11.1 Å². The number of rotatable bonds is 7. The Morgan fingerprint density at radius 1 is 1.44 bits per heavy atom. The largest absolute Gasteiger partial charge is 0.396 e. The van der Waals surface area contributed by atoms with Crippen molar-refractivity contribution in [2.45, 2.75) is 26.2 Å². The molecule has 0 spiro atoms. The van der Waals surface area contributed by atoms with Gasteiger partial charge in [0.15, 0.2) is 0 Å². The number of hydrogen-bond acceptors (Lipinski definition) is 3. The van der Waals surface area contributed by atoms with E-state index in [1.807, 2.05) is 0 Å². The highest BCUT2D eigenvalue weighted by atomic mass is 32.2. The number of halogens is 1. The van der Waals surface area contributed by atoms with Crippen LogP contribution in [-0.4, -0.2) is 17.4 Å². The number of nitrogens with one attached hydrogen (secondary N) is 1. The van der Waals surface area contributed by atoms with Crippen molar-refractivity contribution in [2.75, 3.05) is 22.6 Å². The molecule has 0 radical (unpaired) electrons. The average Bonchev–Trinajstić information content (AvgIpc) is 2.34. The minimum absolute atomic E-state index is 0.0448. The number of unbranched alkanes of at least 4 members (excludes halogenated alkanes) is 2. The van der Waals surface area contributed by atoms with E-state index in [4.69, 9.17) is 5.73 Å². The number of benzene rings is 1. The Labute approximate surface area is 111 Å². The van der Waals surface area contributed by atoms with Gasteiger partial charge in [-0.2, -0.15) is 11.8 Å². The van der Waals surface area contributed by atoms with E-state index in [2.05, 4.69) is 12.2 Å². The van der Waals surface area contributed by atoms with E-state index >= 15 is 0 Å². The van der Waals surface area contributed by atoms with E-state index in [9.17, 15) is 9.18 Å². The highest BCUT2D eigenvalue weighted by Gasteiger charge is 2.04. The van der Waals surface area contributed by atoms with Gasteiger partial charge in [-0.1, -0.05) is 19.8 Å². The third kappa shape index (κ3) is 5.40. The predicted octanol–water partition coefficient (Wildman–Crippen LogP) is 3.27. The SMILES string of the molecule is CCCCCSCC(=O)Nc1ccc(F)c(N)c1. The Morgan fingerprint density at radius 2 is 2.22 bits per heavy atom. The summed E-state index contributed by atoms with van der Waals surface area (Å²) in [6, 6.07) is 4.18. The van der Waals surface area contributed by atoms with Crippen molar-refractivity contribution in [3.63, 3.8) is 0 Å². The zero-order chi connectivity index (χ0) is 13.4. The first-order valence-electron chi connectivity index (χ1n) is 6.06. The number of hydrogen-bond donors (Lipinski definition) is 2. The van der Waals surface area contributed by atoms with Gasteiger partial charge in [-0.05, 0) is 30.4 Å². The molecule has 0 aliphatic rings. The summed E-state index contributed by atoms with van der Waals surface area (Å²) in [4.78, 5) is 11.6. The van der Waals surface area contributed by atoms with Crippen LogP contribution in [-0.2, 0) is 4.79 Å². The Balaban J connectivity index is 2.29. The third-order valence-electron chi connectivity index (χ3n) is 2.41. The molecule has 0 unspecified atom stereocenters. The number of nitrogen functional groups attached to an aromatic ring is 1. The molecule has 3 nitrogen and oxygen atoms in total. The summed E-state index contributed by atoms with van der Waals surface area (Å²) in [6.45, 7) is 2.15. The molecule has 0 fully saturated rings. The maximum Gasteiger partial charge on any atom is 0.234 e. The number of anilines is 2. The average molecular weight is 270 g/mol. The first kappa shape index (κ1) is 14.8. The number of nitrogens with two attached hydrogens (primary N) is 1. The molecule has 1 aromatic carbocycles. The zero-order valence-corrected chi connectivity index (χ0v) is 11.4. The molecule has 100 valence electrons. The number of carbonyl (C=O) groups excluding carboxylic acids is 1. The van der Waals surface area contributed by atoms with Crippen molar-refractivity contribution < 1.29 is 9.18 Å². The molecule has 18 heavy (non-hydrogen) atoms. The standard InChI is InChI=1S/C13H19FN2OS/c1-2-3-4-7-18-9-13(17)16-10-5-6-11(14)12(15)8-10/h5-6,8H,2-4,7,9,15H2,1H3,(H,16,17). The number of thioether (sulfide) groups is 1. The van der Waals surface area contributed by atoms with Crippen LogP contribution in [0.1, 0.15) is 26.2 Å². The molecule has 0 saturated heterocycles. The number of amides is 1. The summed E-state index contributed by atoms with van der Waals surface area (Å²) in [5.41, 5.74) is 6.00. The molecule has 1 aromatic rings. The van der Waals surface area contributed by atoms with E-state index in [1.54, 1.807) is 11.8 Å². The molecule has 0 aliphatic heterocycles. The second-order valence-corrected chi connectivity index (χ2v) is 5.15. The summed E-state index contributed by atoms with van der Waals surface area (Å²) >= 11 is 1.61. The topological polar surface area (TPSA) is 55.1 Å². The predicted molar refractivity (Wildman–Crippen MR) is 76.3 cm³/mol. The van der Waals surface area contributed by atoms with Crippen LogP contribution in [0.3, 0.4) is 0 Å². The monoisotopic (exact) mass is 270 g/mol. The lowest BCUT2D eigenvalue weighted by atomic mass is 10.2. The summed E-state index contributed by atoms with van der Waals surface area (Å²) in [6.07, 6.45) is 3.52. The maximum atomic E-state index is 12.9. The highest BCUT2D eigenvalue weighted by Crippen LogP contribution is 2.16. The summed E-state index contributed by atoms with van der Waals surface area (Å²) in [5.74, 6) is 0.859. The van der Waals surface area contributed by atoms with Crippen LogP contribution in [0.5, 0.6) is 0 Å². The Bertz CT molecular complexity index is 399. The van der Waals surface area contributed by atoms with Gasteiger partial charge in [0.2, 0.25) is 5.91 Å². The van der Waals surface area contributed by atoms with Crippen molar-refractivity contribution in [3.05, 3.63) is 24.0 Å².